The van der Waals surface area contributed by atoms with Gasteiger partial charge in [-0.3, -0.25) is 9.59 Å². The molecule has 33 heavy (non-hydrogen) atoms. The van der Waals surface area contributed by atoms with Gasteiger partial charge in [0.05, 0.1) is 30.7 Å². The number of hydrogen-bond donors (Lipinski definition) is 3. The number of amides is 2. The molecule has 1 aromatic heterocycles. The fourth-order valence-corrected chi connectivity index (χ4v) is 3.69. The first-order chi connectivity index (χ1) is 15.9. The Morgan fingerprint density at radius 3 is 2.48 bits per heavy atom. The predicted octanol–water partition coefficient (Wildman–Crippen LogP) is 1.80. The number of anilines is 1. The summed E-state index contributed by atoms with van der Waals surface area (Å²) in [5, 5.41) is 23.7. The Labute approximate surface area is 194 Å². The summed E-state index contributed by atoms with van der Waals surface area (Å²) in [6, 6.07) is 14.4. The molecule has 1 atom stereocenters. The molecule has 0 bridgehead atoms. The Hall–Kier alpha value is -3.70. The van der Waals surface area contributed by atoms with Gasteiger partial charge in [-0.1, -0.05) is 42.1 Å². The molecule has 0 fully saturated rings. The molecule has 3 N–H and O–H groups in total. The predicted molar refractivity (Wildman–Crippen MR) is 122 cm³/mol. The largest absolute Gasteiger partial charge is 0.465 e. The number of aromatic nitrogens is 3. The Bertz CT molecular complexity index is 1140. The standard InChI is InChI=1S/C22H23N5O5S/c1-27-19(17(12-28)24-20(30)14-8-4-3-5-9-14)25-26-22(27)33-13-18(29)23-16-11-7-6-10-15(16)21(31)32-2/h3-11,17,28H,12-13H2,1-2H3,(H,23,29)(H,24,30)/t17-/m1/s1. The first kappa shape index (κ1) is 24.0. The normalized spacial score (nSPS) is 11.5. The van der Waals surface area contributed by atoms with Crippen molar-refractivity contribution in [2.24, 2.45) is 7.05 Å². The minimum Gasteiger partial charge on any atom is -0.465 e. The lowest BCUT2D eigenvalue weighted by Crippen LogP contribution is -2.32. The van der Waals surface area contributed by atoms with E-state index in [-0.39, 0.29) is 29.7 Å². The molecular formula is C22H23N5O5S. The van der Waals surface area contributed by atoms with E-state index in [1.807, 2.05) is 0 Å². The van der Waals surface area contributed by atoms with Gasteiger partial charge in [0.15, 0.2) is 11.0 Å². The molecule has 0 aliphatic heterocycles. The maximum atomic E-state index is 12.4. The van der Waals surface area contributed by atoms with E-state index < -0.39 is 12.0 Å². The number of esters is 1. The van der Waals surface area contributed by atoms with Gasteiger partial charge < -0.3 is 25.0 Å². The maximum absolute atomic E-state index is 12.4. The Kier molecular flexibility index (Phi) is 8.17. The van der Waals surface area contributed by atoms with E-state index in [2.05, 4.69) is 20.8 Å². The van der Waals surface area contributed by atoms with E-state index in [4.69, 9.17) is 4.74 Å². The Morgan fingerprint density at radius 1 is 1.09 bits per heavy atom. The van der Waals surface area contributed by atoms with E-state index in [0.717, 1.165) is 11.8 Å². The van der Waals surface area contributed by atoms with Crippen molar-refractivity contribution < 1.29 is 24.2 Å². The average molecular weight is 470 g/mol. The third kappa shape index (κ3) is 5.96. The number of aliphatic hydroxyl groups excluding tert-OH is 1. The molecule has 0 spiro atoms. The van der Waals surface area contributed by atoms with Gasteiger partial charge in [-0.15, -0.1) is 10.2 Å². The third-order valence-electron chi connectivity index (χ3n) is 4.64. The molecule has 11 heteroatoms. The maximum Gasteiger partial charge on any atom is 0.339 e. The number of nitrogens with zero attached hydrogens (tertiary/aromatic N) is 3. The number of rotatable bonds is 9. The monoisotopic (exact) mass is 469 g/mol. The molecule has 0 unspecified atom stereocenters. The summed E-state index contributed by atoms with van der Waals surface area (Å²) in [4.78, 5) is 36.7. The number of nitrogens with one attached hydrogen (secondary N) is 2. The number of para-hydroxylation sites is 1. The summed E-state index contributed by atoms with van der Waals surface area (Å²) in [5.41, 5.74) is 1.05. The van der Waals surface area contributed by atoms with E-state index in [1.165, 1.54) is 7.11 Å². The van der Waals surface area contributed by atoms with Crippen molar-refractivity contribution >= 4 is 35.2 Å². The molecule has 2 aromatic carbocycles. The fraction of sp³-hybridized carbons (Fsp3) is 0.227. The van der Waals surface area contributed by atoms with Gasteiger partial charge in [-0.2, -0.15) is 0 Å². The van der Waals surface area contributed by atoms with E-state index in [1.54, 1.807) is 66.2 Å². The van der Waals surface area contributed by atoms with Gasteiger partial charge in [0.25, 0.3) is 5.91 Å². The lowest BCUT2D eigenvalue weighted by molar-refractivity contribution is -0.113. The van der Waals surface area contributed by atoms with Crippen LogP contribution < -0.4 is 10.6 Å². The van der Waals surface area contributed by atoms with Crippen LogP contribution in [0, 0.1) is 0 Å². The Morgan fingerprint density at radius 2 is 1.79 bits per heavy atom. The molecule has 0 saturated heterocycles. The number of benzene rings is 2. The molecule has 10 nitrogen and oxygen atoms in total. The molecule has 172 valence electrons. The third-order valence-corrected chi connectivity index (χ3v) is 5.66. The van der Waals surface area contributed by atoms with Crippen molar-refractivity contribution in [1.29, 1.82) is 0 Å². The van der Waals surface area contributed by atoms with Crippen LogP contribution in [-0.2, 0) is 16.6 Å². The molecular weight excluding hydrogens is 446 g/mol. The number of methoxy groups -OCH3 is 1. The zero-order chi connectivity index (χ0) is 23.8. The highest BCUT2D eigenvalue weighted by Gasteiger charge is 2.22. The van der Waals surface area contributed by atoms with Gasteiger partial charge in [-0.25, -0.2) is 4.79 Å². The highest BCUT2D eigenvalue weighted by Crippen LogP contribution is 2.21. The van der Waals surface area contributed by atoms with E-state index in [0.29, 0.717) is 22.2 Å². The second-order valence-corrected chi connectivity index (χ2v) is 7.79. The van der Waals surface area contributed by atoms with Crippen molar-refractivity contribution in [3.05, 3.63) is 71.5 Å². The highest BCUT2D eigenvalue weighted by molar-refractivity contribution is 7.99. The summed E-state index contributed by atoms with van der Waals surface area (Å²) in [5.74, 6) is -0.904. The van der Waals surface area contributed by atoms with Crippen LogP contribution in [0.4, 0.5) is 5.69 Å². The SMILES string of the molecule is COC(=O)c1ccccc1NC(=O)CSc1nnc([C@@H](CO)NC(=O)c2ccccc2)n1C. The van der Waals surface area contributed by atoms with Crippen molar-refractivity contribution in [3.63, 3.8) is 0 Å². The lowest BCUT2D eigenvalue weighted by Gasteiger charge is -2.16. The number of aliphatic hydroxyl groups is 1. The minimum absolute atomic E-state index is 0.00163. The van der Waals surface area contributed by atoms with Crippen LogP contribution in [-0.4, -0.2) is 57.1 Å². The molecule has 1 heterocycles. The second kappa shape index (κ2) is 11.2. The lowest BCUT2D eigenvalue weighted by atomic mass is 10.2. The van der Waals surface area contributed by atoms with Crippen molar-refractivity contribution in [2.45, 2.75) is 11.2 Å². The summed E-state index contributed by atoms with van der Waals surface area (Å²) < 4.78 is 6.33. The molecule has 0 saturated carbocycles. The summed E-state index contributed by atoms with van der Waals surface area (Å²) in [6.45, 7) is -0.375. The smallest absolute Gasteiger partial charge is 0.339 e. The van der Waals surface area contributed by atoms with Crippen molar-refractivity contribution in [3.8, 4) is 0 Å². The second-order valence-electron chi connectivity index (χ2n) is 6.85. The number of hydrogen-bond acceptors (Lipinski definition) is 8. The van der Waals surface area contributed by atoms with Gasteiger partial charge in [0.2, 0.25) is 5.91 Å². The zero-order valence-electron chi connectivity index (χ0n) is 18.0. The Balaban J connectivity index is 1.63. The van der Waals surface area contributed by atoms with E-state index in [9.17, 15) is 19.5 Å². The highest BCUT2D eigenvalue weighted by atomic mass is 32.2. The summed E-state index contributed by atoms with van der Waals surface area (Å²) in [6.07, 6.45) is 0. The number of carbonyl (C=O) groups excluding carboxylic acids is 3. The van der Waals surface area contributed by atoms with Crippen LogP contribution in [0.15, 0.2) is 59.8 Å². The van der Waals surface area contributed by atoms with E-state index >= 15 is 0 Å². The molecule has 2 amide bonds. The molecule has 0 radical (unpaired) electrons. The first-order valence-corrected chi connectivity index (χ1v) is 10.9. The molecule has 3 aromatic rings. The quantitative estimate of drug-likeness (QED) is 0.319. The first-order valence-electron chi connectivity index (χ1n) is 9.90. The van der Waals surface area contributed by atoms with Gasteiger partial charge in [0, 0.05) is 12.6 Å². The van der Waals surface area contributed by atoms with Crippen LogP contribution >= 0.6 is 11.8 Å². The fourth-order valence-electron chi connectivity index (χ4n) is 2.97. The number of thioether (sulfide) groups is 1. The van der Waals surface area contributed by atoms with Crippen LogP contribution in [0.5, 0.6) is 0 Å². The zero-order valence-corrected chi connectivity index (χ0v) is 18.8. The minimum atomic E-state index is -0.773. The average Bonchev–Trinajstić information content (AvgIpc) is 3.21. The van der Waals surface area contributed by atoms with Crippen LogP contribution in [0.2, 0.25) is 0 Å². The van der Waals surface area contributed by atoms with Crippen LogP contribution in [0.3, 0.4) is 0 Å². The van der Waals surface area contributed by atoms with Gasteiger partial charge in [-0.05, 0) is 24.3 Å². The number of carbonyl (C=O) groups is 3. The molecule has 0 aliphatic rings. The van der Waals surface area contributed by atoms with Gasteiger partial charge >= 0.3 is 5.97 Å². The van der Waals surface area contributed by atoms with Crippen LogP contribution in [0.1, 0.15) is 32.6 Å². The topological polar surface area (TPSA) is 135 Å². The summed E-state index contributed by atoms with van der Waals surface area (Å²) in [7, 11) is 2.95. The summed E-state index contributed by atoms with van der Waals surface area (Å²) >= 11 is 1.13. The number of ether oxygens (including phenoxy) is 1. The van der Waals surface area contributed by atoms with Crippen molar-refractivity contribution in [1.82, 2.24) is 20.1 Å². The molecule has 0 aliphatic carbocycles. The van der Waals surface area contributed by atoms with Gasteiger partial charge in [0.1, 0.15) is 6.04 Å². The van der Waals surface area contributed by atoms with Crippen LogP contribution in [0.25, 0.3) is 0 Å². The van der Waals surface area contributed by atoms with Crippen molar-refractivity contribution in [2.75, 3.05) is 24.8 Å². The molecule has 3 rings (SSSR count).